The first-order valence-corrected chi connectivity index (χ1v) is 10.0. The first-order chi connectivity index (χ1) is 14.4. The molecule has 0 radical (unpaired) electrons. The Kier molecular flexibility index (Phi) is 7.23. The van der Waals surface area contributed by atoms with Gasteiger partial charge >= 0.3 is 0 Å². The Balaban J connectivity index is 1.50. The summed E-state index contributed by atoms with van der Waals surface area (Å²) >= 11 is 0. The lowest BCUT2D eigenvalue weighted by atomic mass is 10.1. The molecule has 8 heteroatoms. The van der Waals surface area contributed by atoms with Crippen molar-refractivity contribution in [3.05, 3.63) is 53.1 Å². The molecule has 6 nitrogen and oxygen atoms in total. The molecule has 30 heavy (non-hydrogen) atoms. The van der Waals surface area contributed by atoms with Crippen LogP contribution in [0.2, 0.25) is 0 Å². The highest BCUT2D eigenvalue weighted by Crippen LogP contribution is 2.29. The van der Waals surface area contributed by atoms with Gasteiger partial charge in [-0.3, -0.25) is 4.79 Å². The summed E-state index contributed by atoms with van der Waals surface area (Å²) in [6.45, 7) is 6.89. The lowest BCUT2D eigenvalue weighted by molar-refractivity contribution is -1.02. The monoisotopic (exact) mass is 421 g/mol. The number of halogens is 2. The lowest BCUT2D eigenvalue weighted by Crippen LogP contribution is -3.28. The average molecular weight is 421 g/mol. The standard InChI is InChI=1S/C22H27F2N3O3/c1-15-10-20(29-2)21(30-3)11-16(15)13-26-6-8-27(9-7-26)14-22(28)25-17-4-5-18(23)19(24)12-17/h4-5,10-12H,6-9,13-14H2,1-3H3,(H,25,28)/p+2. The largest absolute Gasteiger partial charge is 0.493 e. The minimum atomic E-state index is -0.970. The molecular formula is C22H29F2N3O3+2. The van der Waals surface area contributed by atoms with Crippen LogP contribution in [0, 0.1) is 18.6 Å². The summed E-state index contributed by atoms with van der Waals surface area (Å²) in [7, 11) is 3.27. The van der Waals surface area contributed by atoms with Gasteiger partial charge in [-0.25, -0.2) is 8.78 Å². The Bertz CT molecular complexity index is 899. The molecule has 1 fully saturated rings. The molecule has 0 bridgehead atoms. The predicted molar refractivity (Wildman–Crippen MR) is 109 cm³/mol. The summed E-state index contributed by atoms with van der Waals surface area (Å²) in [6, 6.07) is 7.40. The molecule has 162 valence electrons. The van der Waals surface area contributed by atoms with Crippen LogP contribution in [0.1, 0.15) is 11.1 Å². The van der Waals surface area contributed by atoms with Gasteiger partial charge < -0.3 is 24.6 Å². The maximum absolute atomic E-state index is 13.3. The zero-order chi connectivity index (χ0) is 21.7. The molecular weight excluding hydrogens is 392 g/mol. The van der Waals surface area contributed by atoms with E-state index in [-0.39, 0.29) is 11.6 Å². The molecule has 1 amide bonds. The second-order valence-corrected chi connectivity index (χ2v) is 7.66. The number of ether oxygens (including phenoxy) is 2. The van der Waals surface area contributed by atoms with Crippen molar-refractivity contribution in [1.82, 2.24) is 0 Å². The predicted octanol–water partition coefficient (Wildman–Crippen LogP) is 0.213. The van der Waals surface area contributed by atoms with Crippen LogP contribution in [0.3, 0.4) is 0 Å². The summed E-state index contributed by atoms with van der Waals surface area (Å²) in [5, 5.41) is 2.64. The fourth-order valence-corrected chi connectivity index (χ4v) is 3.80. The van der Waals surface area contributed by atoms with Crippen molar-refractivity contribution >= 4 is 11.6 Å². The highest BCUT2D eigenvalue weighted by atomic mass is 19.2. The maximum Gasteiger partial charge on any atom is 0.279 e. The Morgan fingerprint density at radius 1 is 0.967 bits per heavy atom. The lowest BCUT2D eigenvalue weighted by Gasteiger charge is -2.29. The minimum absolute atomic E-state index is 0.199. The zero-order valence-corrected chi connectivity index (χ0v) is 17.6. The summed E-state index contributed by atoms with van der Waals surface area (Å²) < 4.78 is 37.1. The van der Waals surface area contributed by atoms with E-state index in [9.17, 15) is 13.6 Å². The van der Waals surface area contributed by atoms with E-state index in [2.05, 4.69) is 12.2 Å². The Hall–Kier alpha value is -2.71. The number of piperazine rings is 1. The van der Waals surface area contributed by atoms with Crippen molar-refractivity contribution in [1.29, 1.82) is 0 Å². The second kappa shape index (κ2) is 9.86. The average Bonchev–Trinajstić information content (AvgIpc) is 2.73. The molecule has 0 aromatic heterocycles. The van der Waals surface area contributed by atoms with Crippen LogP contribution in [0.5, 0.6) is 11.5 Å². The number of amides is 1. The molecule has 1 aliphatic rings. The van der Waals surface area contributed by atoms with E-state index in [0.29, 0.717) is 6.54 Å². The van der Waals surface area contributed by atoms with Gasteiger partial charge in [0.2, 0.25) is 0 Å². The zero-order valence-electron chi connectivity index (χ0n) is 17.6. The van der Waals surface area contributed by atoms with Crippen molar-refractivity contribution in [3.8, 4) is 11.5 Å². The van der Waals surface area contributed by atoms with Crippen LogP contribution in [0.15, 0.2) is 30.3 Å². The summed E-state index contributed by atoms with van der Waals surface area (Å²) in [5.41, 5.74) is 2.66. The fourth-order valence-electron chi connectivity index (χ4n) is 3.80. The van der Waals surface area contributed by atoms with Crippen LogP contribution in [-0.2, 0) is 11.3 Å². The molecule has 2 aromatic rings. The topological polar surface area (TPSA) is 56.4 Å². The molecule has 3 rings (SSSR count). The molecule has 0 aliphatic carbocycles. The Labute approximate surface area is 175 Å². The van der Waals surface area contributed by atoms with E-state index in [4.69, 9.17) is 9.47 Å². The number of carbonyl (C=O) groups is 1. The third-order valence-corrected chi connectivity index (χ3v) is 5.56. The molecule has 1 saturated heterocycles. The Morgan fingerprint density at radius 3 is 2.23 bits per heavy atom. The number of benzene rings is 2. The van der Waals surface area contributed by atoms with E-state index in [0.717, 1.165) is 56.4 Å². The van der Waals surface area contributed by atoms with Crippen molar-refractivity contribution in [3.63, 3.8) is 0 Å². The number of methoxy groups -OCH3 is 2. The molecule has 3 N–H and O–H groups in total. The highest BCUT2D eigenvalue weighted by molar-refractivity contribution is 5.91. The van der Waals surface area contributed by atoms with Crippen molar-refractivity contribution in [2.75, 3.05) is 52.3 Å². The van der Waals surface area contributed by atoms with E-state index in [1.54, 1.807) is 14.2 Å². The van der Waals surface area contributed by atoms with Crippen LogP contribution in [-0.4, -0.2) is 52.9 Å². The first kappa shape index (κ1) is 22.0. The quantitative estimate of drug-likeness (QED) is 0.599. The van der Waals surface area contributed by atoms with Crippen LogP contribution < -0.4 is 24.6 Å². The van der Waals surface area contributed by atoms with Gasteiger partial charge in [0.05, 0.1) is 14.2 Å². The third-order valence-electron chi connectivity index (χ3n) is 5.56. The van der Waals surface area contributed by atoms with Gasteiger partial charge in [-0.1, -0.05) is 0 Å². The number of aryl methyl sites for hydroxylation is 1. The van der Waals surface area contributed by atoms with Gasteiger partial charge in [0.1, 0.15) is 32.7 Å². The van der Waals surface area contributed by atoms with Gasteiger partial charge in [-0.05, 0) is 36.8 Å². The summed E-state index contributed by atoms with van der Waals surface area (Å²) in [4.78, 5) is 14.9. The minimum Gasteiger partial charge on any atom is -0.493 e. The first-order valence-electron chi connectivity index (χ1n) is 10.0. The van der Waals surface area contributed by atoms with E-state index < -0.39 is 11.6 Å². The number of hydrogen-bond donors (Lipinski definition) is 3. The van der Waals surface area contributed by atoms with Crippen molar-refractivity contribution in [2.24, 2.45) is 0 Å². The Morgan fingerprint density at radius 2 is 1.60 bits per heavy atom. The number of hydrogen-bond acceptors (Lipinski definition) is 3. The molecule has 0 unspecified atom stereocenters. The van der Waals surface area contributed by atoms with Crippen molar-refractivity contribution < 1.29 is 32.8 Å². The van der Waals surface area contributed by atoms with E-state index in [1.807, 2.05) is 12.1 Å². The molecule has 2 aromatic carbocycles. The molecule has 1 heterocycles. The van der Waals surface area contributed by atoms with Gasteiger partial charge in [0.15, 0.2) is 29.7 Å². The van der Waals surface area contributed by atoms with Gasteiger partial charge in [-0.2, -0.15) is 0 Å². The summed E-state index contributed by atoms with van der Waals surface area (Å²) in [5.74, 6) is -0.633. The normalized spacial score (nSPS) is 18.7. The molecule has 1 aliphatic heterocycles. The number of quaternary nitrogens is 2. The van der Waals surface area contributed by atoms with E-state index in [1.165, 1.54) is 27.0 Å². The molecule has 0 saturated carbocycles. The van der Waals surface area contributed by atoms with Crippen LogP contribution in [0.4, 0.5) is 14.5 Å². The smallest absolute Gasteiger partial charge is 0.279 e. The van der Waals surface area contributed by atoms with E-state index >= 15 is 0 Å². The SMILES string of the molecule is COc1cc(C)c(C[NH+]2CC[NH+](CC(=O)Nc3ccc(F)c(F)c3)CC2)cc1OC. The fraction of sp³-hybridized carbons (Fsp3) is 0.409. The molecule has 0 atom stereocenters. The molecule has 0 spiro atoms. The summed E-state index contributed by atoms with van der Waals surface area (Å²) in [6.07, 6.45) is 0. The number of nitrogens with one attached hydrogen (secondary N) is 3. The van der Waals surface area contributed by atoms with Crippen LogP contribution in [0.25, 0.3) is 0 Å². The maximum atomic E-state index is 13.3. The highest BCUT2D eigenvalue weighted by Gasteiger charge is 2.25. The third kappa shape index (κ3) is 5.46. The number of carbonyl (C=O) groups excluding carboxylic acids is 1. The second-order valence-electron chi connectivity index (χ2n) is 7.66. The number of rotatable bonds is 7. The van der Waals surface area contributed by atoms with Crippen LogP contribution >= 0.6 is 0 Å². The van der Waals surface area contributed by atoms with Crippen molar-refractivity contribution in [2.45, 2.75) is 13.5 Å². The van der Waals surface area contributed by atoms with Gasteiger partial charge in [0, 0.05) is 17.3 Å². The van der Waals surface area contributed by atoms with Gasteiger partial charge in [-0.15, -0.1) is 0 Å². The van der Waals surface area contributed by atoms with Gasteiger partial charge in [0.25, 0.3) is 5.91 Å². The number of anilines is 1.